The highest BCUT2D eigenvalue weighted by atomic mass is 79.9. The maximum atomic E-state index is 12.3. The predicted octanol–water partition coefficient (Wildman–Crippen LogP) is 3.15. The Morgan fingerprint density at radius 3 is 2.81 bits per heavy atom. The lowest BCUT2D eigenvalue weighted by Gasteiger charge is -2.09. The van der Waals surface area contributed by atoms with Gasteiger partial charge in [-0.25, -0.2) is 18.2 Å². The Morgan fingerprint density at radius 1 is 1.48 bits per heavy atom. The van der Waals surface area contributed by atoms with Gasteiger partial charge in [-0.1, -0.05) is 11.6 Å². The van der Waals surface area contributed by atoms with E-state index < -0.39 is 16.0 Å². The third kappa shape index (κ3) is 3.54. The molecule has 0 aliphatic heterocycles. The van der Waals surface area contributed by atoms with Crippen LogP contribution in [-0.4, -0.2) is 26.5 Å². The number of carbonyl (C=O) groups excluding carboxylic acids is 1. The van der Waals surface area contributed by atoms with Gasteiger partial charge in [0.2, 0.25) is 0 Å². The van der Waals surface area contributed by atoms with Gasteiger partial charge < -0.3 is 4.74 Å². The van der Waals surface area contributed by atoms with Crippen LogP contribution >= 0.6 is 38.9 Å². The van der Waals surface area contributed by atoms with Gasteiger partial charge in [0, 0.05) is 9.50 Å². The first-order valence-electron chi connectivity index (χ1n) is 5.35. The van der Waals surface area contributed by atoms with Crippen LogP contribution in [0.4, 0.5) is 5.69 Å². The summed E-state index contributed by atoms with van der Waals surface area (Å²) in [5.74, 6) is -0.813. The van der Waals surface area contributed by atoms with Crippen molar-refractivity contribution in [2.45, 2.75) is 4.21 Å². The minimum atomic E-state index is -3.96. The van der Waals surface area contributed by atoms with Gasteiger partial charge >= 0.3 is 5.97 Å². The number of nitrogens with zero attached hydrogens (tertiary/aromatic N) is 1. The van der Waals surface area contributed by atoms with Crippen LogP contribution in [-0.2, 0) is 14.8 Å². The number of ether oxygens (including phenoxy) is 1. The molecule has 1 aromatic heterocycles. The highest BCUT2D eigenvalue weighted by Gasteiger charge is 2.27. The first-order valence-corrected chi connectivity index (χ1v) is 8.88. The van der Waals surface area contributed by atoms with Gasteiger partial charge in [-0.15, -0.1) is 11.3 Å². The van der Waals surface area contributed by atoms with Gasteiger partial charge in [0.1, 0.15) is 0 Å². The molecule has 2 rings (SSSR count). The smallest absolute Gasteiger partial charge is 0.358 e. The molecule has 0 radical (unpaired) electrons. The Hall–Kier alpha value is -1.16. The Labute approximate surface area is 138 Å². The monoisotopic (exact) mass is 410 g/mol. The van der Waals surface area contributed by atoms with E-state index in [2.05, 4.69) is 30.4 Å². The molecule has 6 nitrogen and oxygen atoms in total. The van der Waals surface area contributed by atoms with E-state index in [0.29, 0.717) is 15.2 Å². The number of aromatic nitrogens is 1. The van der Waals surface area contributed by atoms with E-state index in [1.165, 1.54) is 17.6 Å². The number of benzene rings is 1. The highest BCUT2D eigenvalue weighted by molar-refractivity contribution is 9.10. The van der Waals surface area contributed by atoms with Crippen molar-refractivity contribution in [1.82, 2.24) is 4.98 Å². The highest BCUT2D eigenvalue weighted by Crippen LogP contribution is 2.29. The Balaban J connectivity index is 2.39. The first-order chi connectivity index (χ1) is 9.85. The zero-order valence-electron chi connectivity index (χ0n) is 10.5. The number of hydrogen-bond acceptors (Lipinski definition) is 6. The number of sulfonamides is 1. The molecule has 2 aromatic rings. The molecule has 1 aromatic carbocycles. The third-order valence-electron chi connectivity index (χ3n) is 2.33. The SMILES string of the molecule is COC(=O)c1ncsc1S(=O)(=O)Nc1ccc(Cl)cc1Br. The van der Waals surface area contributed by atoms with E-state index in [9.17, 15) is 13.2 Å². The summed E-state index contributed by atoms with van der Waals surface area (Å²) in [5, 5.41) is 0.456. The van der Waals surface area contributed by atoms with Crippen LogP contribution in [0.2, 0.25) is 5.02 Å². The predicted molar refractivity (Wildman–Crippen MR) is 83.4 cm³/mol. The summed E-state index contributed by atoms with van der Waals surface area (Å²) in [5.41, 5.74) is 1.31. The molecule has 0 spiro atoms. The Kier molecular flexibility index (Phi) is 4.87. The quantitative estimate of drug-likeness (QED) is 0.781. The second-order valence-electron chi connectivity index (χ2n) is 3.71. The van der Waals surface area contributed by atoms with E-state index in [1.54, 1.807) is 6.07 Å². The van der Waals surface area contributed by atoms with Gasteiger partial charge in [0.25, 0.3) is 10.0 Å². The van der Waals surface area contributed by atoms with Gasteiger partial charge in [-0.3, -0.25) is 4.72 Å². The lowest BCUT2D eigenvalue weighted by Crippen LogP contribution is -2.16. The van der Waals surface area contributed by atoms with Crippen molar-refractivity contribution in [3.05, 3.63) is 38.9 Å². The second-order valence-corrected chi connectivity index (χ2v) is 7.73. The fourth-order valence-corrected chi connectivity index (χ4v) is 4.55. The van der Waals surface area contributed by atoms with Crippen molar-refractivity contribution in [1.29, 1.82) is 0 Å². The molecule has 0 bridgehead atoms. The largest absolute Gasteiger partial charge is 0.464 e. The van der Waals surface area contributed by atoms with Crippen LogP contribution in [0.1, 0.15) is 10.5 Å². The van der Waals surface area contributed by atoms with E-state index >= 15 is 0 Å². The summed E-state index contributed by atoms with van der Waals surface area (Å²) in [4.78, 5) is 15.2. The first kappa shape index (κ1) is 16.2. The molecule has 0 fully saturated rings. The molecule has 0 saturated carbocycles. The van der Waals surface area contributed by atoms with E-state index in [-0.39, 0.29) is 9.90 Å². The molecule has 0 aliphatic rings. The number of rotatable bonds is 4. The lowest BCUT2D eigenvalue weighted by atomic mass is 10.3. The Morgan fingerprint density at radius 2 is 2.19 bits per heavy atom. The van der Waals surface area contributed by atoms with Crippen LogP contribution in [0.5, 0.6) is 0 Å². The van der Waals surface area contributed by atoms with Crippen LogP contribution < -0.4 is 4.72 Å². The summed E-state index contributed by atoms with van der Waals surface area (Å²) in [7, 11) is -2.80. The molecule has 0 unspecified atom stereocenters. The lowest BCUT2D eigenvalue weighted by molar-refractivity contribution is 0.0590. The number of halogens is 2. The van der Waals surface area contributed by atoms with Crippen LogP contribution in [0.3, 0.4) is 0 Å². The fraction of sp³-hybridized carbons (Fsp3) is 0.0909. The van der Waals surface area contributed by atoms with Gasteiger partial charge in [-0.2, -0.15) is 0 Å². The van der Waals surface area contributed by atoms with Crippen molar-refractivity contribution in [2.24, 2.45) is 0 Å². The summed E-state index contributed by atoms with van der Waals surface area (Å²) < 4.78 is 31.8. The number of esters is 1. The summed E-state index contributed by atoms with van der Waals surface area (Å²) in [6.45, 7) is 0. The van der Waals surface area contributed by atoms with Crippen LogP contribution in [0.25, 0.3) is 0 Å². The standard InChI is InChI=1S/C11H8BrClN2O4S2/c1-19-10(16)9-11(20-5-14-9)21(17,18)15-8-3-2-6(13)4-7(8)12/h2-5,15H,1H3. The minimum Gasteiger partial charge on any atom is -0.464 e. The molecule has 0 atom stereocenters. The topological polar surface area (TPSA) is 85.4 Å². The molecule has 1 heterocycles. The zero-order chi connectivity index (χ0) is 15.6. The molecule has 0 aliphatic carbocycles. The fourth-order valence-electron chi connectivity index (χ4n) is 1.42. The molecule has 0 amide bonds. The van der Waals surface area contributed by atoms with Gasteiger partial charge in [0.05, 0.1) is 18.3 Å². The van der Waals surface area contributed by atoms with Crippen molar-refractivity contribution in [2.75, 3.05) is 11.8 Å². The number of hydrogen-bond donors (Lipinski definition) is 1. The van der Waals surface area contributed by atoms with Crippen molar-refractivity contribution in [3.8, 4) is 0 Å². The minimum absolute atomic E-state index is 0.212. The number of methoxy groups -OCH3 is 1. The summed E-state index contributed by atoms with van der Waals surface area (Å²) >= 11 is 9.83. The van der Waals surface area contributed by atoms with Gasteiger partial charge in [0.15, 0.2) is 9.90 Å². The molecule has 112 valence electrons. The van der Waals surface area contributed by atoms with Crippen molar-refractivity contribution in [3.63, 3.8) is 0 Å². The van der Waals surface area contributed by atoms with E-state index in [4.69, 9.17) is 11.6 Å². The normalized spacial score (nSPS) is 11.2. The summed E-state index contributed by atoms with van der Waals surface area (Å²) in [6.07, 6.45) is 0. The molecule has 1 N–H and O–H groups in total. The molecular weight excluding hydrogens is 404 g/mol. The van der Waals surface area contributed by atoms with Crippen molar-refractivity contribution >= 4 is 60.5 Å². The Bertz CT molecular complexity index is 791. The molecular formula is C11H8BrClN2O4S2. The van der Waals surface area contributed by atoms with E-state index in [0.717, 1.165) is 18.4 Å². The second kappa shape index (κ2) is 6.30. The average Bonchev–Trinajstić information content (AvgIpc) is 2.91. The molecule has 10 heteroatoms. The molecule has 21 heavy (non-hydrogen) atoms. The third-order valence-corrected chi connectivity index (χ3v) is 5.96. The van der Waals surface area contributed by atoms with E-state index in [1.807, 2.05) is 0 Å². The summed E-state index contributed by atoms with van der Waals surface area (Å²) in [6, 6.07) is 4.59. The van der Waals surface area contributed by atoms with Crippen LogP contribution in [0.15, 0.2) is 32.4 Å². The van der Waals surface area contributed by atoms with Gasteiger partial charge in [-0.05, 0) is 34.1 Å². The maximum absolute atomic E-state index is 12.3. The average molecular weight is 412 g/mol. The van der Waals surface area contributed by atoms with Crippen LogP contribution in [0, 0.1) is 0 Å². The zero-order valence-corrected chi connectivity index (χ0v) is 14.4. The number of thiazole rings is 1. The number of carbonyl (C=O) groups is 1. The molecule has 0 saturated heterocycles. The van der Waals surface area contributed by atoms with Crippen molar-refractivity contribution < 1.29 is 17.9 Å². The number of nitrogens with one attached hydrogen (secondary N) is 1. The maximum Gasteiger partial charge on any atom is 0.358 e. The number of anilines is 1.